The molecule has 2 N–H and O–H groups in total. The predicted octanol–water partition coefficient (Wildman–Crippen LogP) is 1.98. The molecular weight excluding hydrogens is 204 g/mol. The highest BCUT2D eigenvalue weighted by molar-refractivity contribution is 7.81. The first-order valence-corrected chi connectivity index (χ1v) is 4.22. The zero-order chi connectivity index (χ0) is 9.14. The van der Waals surface area contributed by atoms with Crippen molar-refractivity contribution in [2.75, 3.05) is 0 Å². The van der Waals surface area contributed by atoms with Gasteiger partial charge in [0.05, 0.1) is 0 Å². The molecule has 0 unspecified atom stereocenters. The van der Waals surface area contributed by atoms with Crippen LogP contribution >= 0.6 is 23.6 Å². The minimum Gasteiger partial charge on any atom is -0.433 e. The molecule has 0 aliphatic heterocycles. The average molecular weight is 209 g/mol. The number of thiocarbonyl (C=S) groups is 1. The van der Waals surface area contributed by atoms with Gasteiger partial charge in [0.1, 0.15) is 15.6 Å². The lowest BCUT2D eigenvalue weighted by atomic mass is 10.4. The van der Waals surface area contributed by atoms with E-state index in [-0.39, 0.29) is 10.7 Å². The molecule has 66 valence electrons. The quantitative estimate of drug-likeness (QED) is 0.773. The Labute approximate surface area is 76.9 Å². The van der Waals surface area contributed by atoms with Crippen LogP contribution in [-0.4, -0.2) is 11.6 Å². The van der Waals surface area contributed by atoms with Gasteiger partial charge in [0.2, 0.25) is 0 Å². The molecule has 0 aliphatic rings. The summed E-state index contributed by atoms with van der Waals surface area (Å²) in [5, 5.41) is 1.59. The van der Waals surface area contributed by atoms with Crippen molar-refractivity contribution in [3.63, 3.8) is 0 Å². The van der Waals surface area contributed by atoms with Gasteiger partial charge >= 0.3 is 6.61 Å². The molecule has 0 atom stereocenters. The van der Waals surface area contributed by atoms with Gasteiger partial charge in [-0.15, -0.1) is 11.3 Å². The number of nitrogens with two attached hydrogens (primary N) is 1. The third kappa shape index (κ3) is 2.12. The maximum Gasteiger partial charge on any atom is 0.387 e. The van der Waals surface area contributed by atoms with Crippen LogP contribution < -0.4 is 10.5 Å². The number of rotatable bonds is 3. The maximum absolute atomic E-state index is 11.7. The van der Waals surface area contributed by atoms with Gasteiger partial charge in [-0.25, -0.2) is 0 Å². The van der Waals surface area contributed by atoms with Gasteiger partial charge < -0.3 is 10.5 Å². The van der Waals surface area contributed by atoms with Crippen molar-refractivity contribution < 1.29 is 13.5 Å². The van der Waals surface area contributed by atoms with Gasteiger partial charge in [-0.1, -0.05) is 12.2 Å². The van der Waals surface area contributed by atoms with E-state index < -0.39 is 6.61 Å². The number of alkyl halides is 2. The lowest BCUT2D eigenvalue weighted by Gasteiger charge is -2.03. The van der Waals surface area contributed by atoms with Crippen LogP contribution in [0.5, 0.6) is 5.75 Å². The van der Waals surface area contributed by atoms with E-state index in [9.17, 15) is 8.78 Å². The van der Waals surface area contributed by atoms with Gasteiger partial charge in [-0.05, 0) is 11.4 Å². The summed E-state index contributed by atoms with van der Waals surface area (Å²) in [5.74, 6) is 0.0440. The normalized spacial score (nSPS) is 10.2. The van der Waals surface area contributed by atoms with E-state index in [0.29, 0.717) is 4.88 Å². The second-order valence-corrected chi connectivity index (χ2v) is 3.21. The molecule has 0 amide bonds. The SMILES string of the molecule is NC(=S)c1sccc1OC(F)F. The minimum atomic E-state index is -2.84. The Hall–Kier alpha value is -0.750. The van der Waals surface area contributed by atoms with Crippen LogP contribution in [-0.2, 0) is 0 Å². The summed E-state index contributed by atoms with van der Waals surface area (Å²) in [6.45, 7) is -2.84. The van der Waals surface area contributed by atoms with Gasteiger partial charge in [-0.3, -0.25) is 0 Å². The van der Waals surface area contributed by atoms with E-state index in [4.69, 9.17) is 5.73 Å². The van der Waals surface area contributed by atoms with Crippen LogP contribution in [0.2, 0.25) is 0 Å². The monoisotopic (exact) mass is 209 g/mol. The summed E-state index contributed by atoms with van der Waals surface area (Å²) in [6.07, 6.45) is 0. The van der Waals surface area contributed by atoms with E-state index in [1.54, 1.807) is 5.38 Å². The third-order valence-electron chi connectivity index (χ3n) is 1.07. The lowest BCUT2D eigenvalue weighted by Crippen LogP contribution is -2.10. The largest absolute Gasteiger partial charge is 0.433 e. The van der Waals surface area contributed by atoms with E-state index >= 15 is 0 Å². The number of hydrogen-bond donors (Lipinski definition) is 1. The van der Waals surface area contributed by atoms with Gasteiger partial charge in [0, 0.05) is 0 Å². The lowest BCUT2D eigenvalue weighted by molar-refractivity contribution is -0.0496. The summed E-state index contributed by atoms with van der Waals surface area (Å²) in [4.78, 5) is 0.450. The highest BCUT2D eigenvalue weighted by Crippen LogP contribution is 2.25. The zero-order valence-corrected chi connectivity index (χ0v) is 7.42. The molecule has 0 spiro atoms. The summed E-state index contributed by atoms with van der Waals surface area (Å²) in [6, 6.07) is 1.41. The number of ether oxygens (including phenoxy) is 1. The number of halogens is 2. The maximum atomic E-state index is 11.7. The van der Waals surface area contributed by atoms with Crippen molar-refractivity contribution in [2.45, 2.75) is 6.61 Å². The Bertz CT molecular complexity index is 287. The van der Waals surface area contributed by atoms with E-state index in [1.165, 1.54) is 17.4 Å². The Morgan fingerprint density at radius 2 is 2.33 bits per heavy atom. The van der Waals surface area contributed by atoms with Crippen molar-refractivity contribution in [1.29, 1.82) is 0 Å². The molecule has 1 heterocycles. The molecule has 6 heteroatoms. The Balaban J connectivity index is 2.84. The zero-order valence-electron chi connectivity index (χ0n) is 5.79. The van der Waals surface area contributed by atoms with Crippen LogP contribution in [0.25, 0.3) is 0 Å². The molecule has 0 fully saturated rings. The summed E-state index contributed by atoms with van der Waals surface area (Å²) >= 11 is 5.79. The molecule has 1 rings (SSSR count). The first-order valence-electron chi connectivity index (χ1n) is 2.93. The molecule has 0 saturated carbocycles. The van der Waals surface area contributed by atoms with Gasteiger partial charge in [0.15, 0.2) is 0 Å². The van der Waals surface area contributed by atoms with E-state index in [1.807, 2.05) is 0 Å². The van der Waals surface area contributed by atoms with Gasteiger partial charge in [0.25, 0.3) is 0 Å². The second kappa shape index (κ2) is 3.77. The highest BCUT2D eigenvalue weighted by Gasteiger charge is 2.12. The van der Waals surface area contributed by atoms with Crippen molar-refractivity contribution in [1.82, 2.24) is 0 Å². The molecule has 0 radical (unpaired) electrons. The van der Waals surface area contributed by atoms with E-state index in [2.05, 4.69) is 17.0 Å². The van der Waals surface area contributed by atoms with Crippen LogP contribution in [0.1, 0.15) is 4.88 Å². The fourth-order valence-corrected chi connectivity index (χ4v) is 1.59. The van der Waals surface area contributed by atoms with Crippen LogP contribution in [0, 0.1) is 0 Å². The van der Waals surface area contributed by atoms with Crippen molar-refractivity contribution in [2.24, 2.45) is 5.73 Å². The Kier molecular flexibility index (Phi) is 2.93. The summed E-state index contributed by atoms with van der Waals surface area (Å²) in [7, 11) is 0. The minimum absolute atomic E-state index is 0.0440. The molecule has 0 saturated heterocycles. The summed E-state index contributed by atoms with van der Waals surface area (Å²) < 4.78 is 27.6. The van der Waals surface area contributed by atoms with Gasteiger partial charge in [-0.2, -0.15) is 8.78 Å². The molecule has 0 aliphatic carbocycles. The molecule has 1 aromatic heterocycles. The average Bonchev–Trinajstić information content (AvgIpc) is 2.33. The van der Waals surface area contributed by atoms with Crippen LogP contribution in [0.15, 0.2) is 11.4 Å². The van der Waals surface area contributed by atoms with Crippen molar-refractivity contribution >= 4 is 28.5 Å². The van der Waals surface area contributed by atoms with Crippen molar-refractivity contribution in [3.05, 3.63) is 16.3 Å². The number of thiophene rings is 1. The molecule has 0 bridgehead atoms. The third-order valence-corrected chi connectivity index (χ3v) is 2.33. The topological polar surface area (TPSA) is 35.2 Å². The fraction of sp³-hybridized carbons (Fsp3) is 0.167. The van der Waals surface area contributed by atoms with Crippen LogP contribution in [0.3, 0.4) is 0 Å². The standard InChI is InChI=1S/C6H5F2NOS2/c7-6(8)10-3-1-2-12-4(3)5(9)11/h1-2,6H,(H2,9,11). The van der Waals surface area contributed by atoms with Crippen molar-refractivity contribution in [3.8, 4) is 5.75 Å². The first kappa shape index (κ1) is 9.34. The highest BCUT2D eigenvalue weighted by atomic mass is 32.1. The molecule has 2 nitrogen and oxygen atoms in total. The molecule has 0 aromatic carbocycles. The second-order valence-electron chi connectivity index (χ2n) is 1.86. The Morgan fingerprint density at radius 1 is 1.67 bits per heavy atom. The predicted molar refractivity (Wildman–Crippen MR) is 46.8 cm³/mol. The smallest absolute Gasteiger partial charge is 0.387 e. The molecule has 12 heavy (non-hydrogen) atoms. The fourth-order valence-electron chi connectivity index (χ4n) is 0.666. The number of hydrogen-bond acceptors (Lipinski definition) is 3. The Morgan fingerprint density at radius 3 is 2.83 bits per heavy atom. The van der Waals surface area contributed by atoms with E-state index in [0.717, 1.165) is 0 Å². The molecule has 1 aromatic rings. The molecular formula is C6H5F2NOS2. The first-order chi connectivity index (χ1) is 5.61. The van der Waals surface area contributed by atoms with Crippen LogP contribution in [0.4, 0.5) is 8.78 Å². The summed E-state index contributed by atoms with van der Waals surface area (Å²) in [5.41, 5.74) is 5.25.